The van der Waals surface area contributed by atoms with E-state index in [2.05, 4.69) is 0 Å². The van der Waals surface area contributed by atoms with Crippen molar-refractivity contribution in [2.75, 3.05) is 0 Å². The SMILES string of the molecule is CC(Cl)=C(N)c1ccccc1. The quantitative estimate of drug-likeness (QED) is 0.684. The van der Waals surface area contributed by atoms with Gasteiger partial charge in [-0.15, -0.1) is 0 Å². The molecule has 1 aromatic rings. The van der Waals surface area contributed by atoms with E-state index in [-0.39, 0.29) is 0 Å². The molecular weight excluding hydrogens is 158 g/mol. The van der Waals surface area contributed by atoms with Gasteiger partial charge in [0.05, 0.1) is 5.70 Å². The summed E-state index contributed by atoms with van der Waals surface area (Å²) in [5.74, 6) is 0. The molecule has 0 bridgehead atoms. The summed E-state index contributed by atoms with van der Waals surface area (Å²) in [6, 6.07) is 9.67. The average molecular weight is 168 g/mol. The van der Waals surface area contributed by atoms with Crippen LogP contribution < -0.4 is 5.73 Å². The Hall–Kier alpha value is -0.950. The molecular formula is C9H10ClN. The smallest absolute Gasteiger partial charge is 0.0532 e. The molecule has 0 unspecified atom stereocenters. The Morgan fingerprint density at radius 3 is 2.27 bits per heavy atom. The average Bonchev–Trinajstić information content (AvgIpc) is 2.05. The lowest BCUT2D eigenvalue weighted by atomic mass is 10.1. The molecule has 0 saturated carbocycles. The van der Waals surface area contributed by atoms with Crippen molar-refractivity contribution in [2.24, 2.45) is 5.73 Å². The van der Waals surface area contributed by atoms with Crippen LogP contribution in [0.5, 0.6) is 0 Å². The van der Waals surface area contributed by atoms with Gasteiger partial charge in [0.2, 0.25) is 0 Å². The van der Waals surface area contributed by atoms with Crippen LogP contribution >= 0.6 is 11.6 Å². The Balaban J connectivity index is 3.04. The predicted octanol–water partition coefficient (Wildman–Crippen LogP) is 2.57. The number of rotatable bonds is 1. The predicted molar refractivity (Wildman–Crippen MR) is 49.1 cm³/mol. The molecule has 1 aromatic carbocycles. The highest BCUT2D eigenvalue weighted by Crippen LogP contribution is 2.14. The second kappa shape index (κ2) is 3.44. The van der Waals surface area contributed by atoms with E-state index in [0.29, 0.717) is 10.7 Å². The van der Waals surface area contributed by atoms with Crippen molar-refractivity contribution in [2.45, 2.75) is 6.92 Å². The van der Waals surface area contributed by atoms with Crippen LogP contribution in [0.1, 0.15) is 12.5 Å². The number of nitrogens with two attached hydrogens (primary N) is 1. The largest absolute Gasteiger partial charge is 0.397 e. The van der Waals surface area contributed by atoms with Gasteiger partial charge < -0.3 is 5.73 Å². The summed E-state index contributed by atoms with van der Waals surface area (Å²) in [5, 5.41) is 0.635. The molecule has 0 amide bonds. The van der Waals surface area contributed by atoms with Gasteiger partial charge in [0.25, 0.3) is 0 Å². The molecule has 0 aromatic heterocycles. The zero-order valence-electron chi connectivity index (χ0n) is 6.34. The first-order valence-electron chi connectivity index (χ1n) is 3.39. The molecule has 0 spiro atoms. The zero-order chi connectivity index (χ0) is 8.27. The molecule has 0 atom stereocenters. The van der Waals surface area contributed by atoms with Gasteiger partial charge in [-0.25, -0.2) is 0 Å². The Morgan fingerprint density at radius 2 is 1.82 bits per heavy atom. The van der Waals surface area contributed by atoms with Crippen molar-refractivity contribution in [3.05, 3.63) is 40.9 Å². The Labute approximate surface area is 71.5 Å². The monoisotopic (exact) mass is 167 g/mol. The standard InChI is InChI=1S/C9H10ClN/c1-7(10)9(11)8-5-3-2-4-6-8/h2-6H,11H2,1H3. The number of allylic oxidation sites excluding steroid dienone is 1. The third kappa shape index (κ3) is 1.99. The lowest BCUT2D eigenvalue weighted by Crippen LogP contribution is -1.96. The van der Waals surface area contributed by atoms with Crippen LogP contribution in [0.25, 0.3) is 5.70 Å². The summed E-state index contributed by atoms with van der Waals surface area (Å²) in [6.45, 7) is 1.78. The third-order valence-corrected chi connectivity index (χ3v) is 1.66. The number of halogens is 1. The molecule has 0 aliphatic carbocycles. The Bertz CT molecular complexity index is 260. The van der Waals surface area contributed by atoms with Gasteiger partial charge in [0, 0.05) is 5.03 Å². The summed E-state index contributed by atoms with van der Waals surface area (Å²) < 4.78 is 0. The van der Waals surface area contributed by atoms with E-state index >= 15 is 0 Å². The van der Waals surface area contributed by atoms with Crippen LogP contribution in [0.2, 0.25) is 0 Å². The highest BCUT2D eigenvalue weighted by molar-refractivity contribution is 6.32. The van der Waals surface area contributed by atoms with Crippen molar-refractivity contribution in [3.63, 3.8) is 0 Å². The second-order valence-electron chi connectivity index (χ2n) is 2.31. The molecule has 0 radical (unpaired) electrons. The first kappa shape index (κ1) is 8.15. The first-order chi connectivity index (χ1) is 5.22. The Kier molecular flexibility index (Phi) is 2.55. The van der Waals surface area contributed by atoms with Crippen molar-refractivity contribution in [1.82, 2.24) is 0 Å². The minimum absolute atomic E-state index is 0.635. The fraction of sp³-hybridized carbons (Fsp3) is 0.111. The number of hydrogen-bond acceptors (Lipinski definition) is 1. The summed E-state index contributed by atoms with van der Waals surface area (Å²) >= 11 is 5.72. The maximum Gasteiger partial charge on any atom is 0.0532 e. The minimum atomic E-state index is 0.635. The second-order valence-corrected chi connectivity index (χ2v) is 2.88. The summed E-state index contributed by atoms with van der Waals surface area (Å²) in [4.78, 5) is 0. The molecule has 11 heavy (non-hydrogen) atoms. The fourth-order valence-corrected chi connectivity index (χ4v) is 0.926. The highest BCUT2D eigenvalue weighted by Gasteiger charge is 1.96. The lowest BCUT2D eigenvalue weighted by molar-refractivity contribution is 1.47. The molecule has 1 rings (SSSR count). The van der Waals surface area contributed by atoms with E-state index in [1.165, 1.54) is 0 Å². The molecule has 2 N–H and O–H groups in total. The van der Waals surface area contributed by atoms with E-state index in [0.717, 1.165) is 5.56 Å². The summed E-state index contributed by atoms with van der Waals surface area (Å²) in [5.41, 5.74) is 7.30. The molecule has 0 saturated heterocycles. The normalized spacial score (nSPS) is 12.5. The van der Waals surface area contributed by atoms with Crippen molar-refractivity contribution < 1.29 is 0 Å². The van der Waals surface area contributed by atoms with E-state index in [1.807, 2.05) is 30.3 Å². The molecule has 2 heteroatoms. The van der Waals surface area contributed by atoms with Crippen LogP contribution in [-0.4, -0.2) is 0 Å². The van der Waals surface area contributed by atoms with E-state index in [4.69, 9.17) is 17.3 Å². The topological polar surface area (TPSA) is 26.0 Å². The third-order valence-electron chi connectivity index (χ3n) is 1.46. The van der Waals surface area contributed by atoms with Gasteiger partial charge in [-0.3, -0.25) is 0 Å². The molecule has 0 aliphatic rings. The van der Waals surface area contributed by atoms with Crippen LogP contribution in [-0.2, 0) is 0 Å². The molecule has 0 fully saturated rings. The van der Waals surface area contributed by atoms with Crippen LogP contribution in [0, 0.1) is 0 Å². The summed E-state index contributed by atoms with van der Waals surface area (Å²) in [7, 11) is 0. The fourth-order valence-electron chi connectivity index (χ4n) is 0.817. The van der Waals surface area contributed by atoms with E-state index in [9.17, 15) is 0 Å². The van der Waals surface area contributed by atoms with Gasteiger partial charge in [-0.2, -0.15) is 0 Å². The van der Waals surface area contributed by atoms with Gasteiger partial charge in [-0.1, -0.05) is 41.9 Å². The van der Waals surface area contributed by atoms with Gasteiger partial charge in [-0.05, 0) is 12.5 Å². The van der Waals surface area contributed by atoms with Gasteiger partial charge in [0.1, 0.15) is 0 Å². The molecule has 58 valence electrons. The summed E-state index contributed by atoms with van der Waals surface area (Å²) in [6.07, 6.45) is 0. The van der Waals surface area contributed by atoms with Crippen molar-refractivity contribution >= 4 is 17.3 Å². The van der Waals surface area contributed by atoms with Gasteiger partial charge in [0.15, 0.2) is 0 Å². The van der Waals surface area contributed by atoms with Gasteiger partial charge >= 0.3 is 0 Å². The minimum Gasteiger partial charge on any atom is -0.397 e. The van der Waals surface area contributed by atoms with Crippen molar-refractivity contribution in [1.29, 1.82) is 0 Å². The van der Waals surface area contributed by atoms with Crippen molar-refractivity contribution in [3.8, 4) is 0 Å². The first-order valence-corrected chi connectivity index (χ1v) is 3.77. The van der Waals surface area contributed by atoms with E-state index in [1.54, 1.807) is 6.92 Å². The Morgan fingerprint density at radius 1 is 1.27 bits per heavy atom. The highest BCUT2D eigenvalue weighted by atomic mass is 35.5. The lowest BCUT2D eigenvalue weighted by Gasteiger charge is -2.00. The molecule has 0 heterocycles. The van der Waals surface area contributed by atoms with Crippen LogP contribution in [0.3, 0.4) is 0 Å². The van der Waals surface area contributed by atoms with E-state index < -0.39 is 0 Å². The number of benzene rings is 1. The van der Waals surface area contributed by atoms with Crippen LogP contribution in [0.4, 0.5) is 0 Å². The number of hydrogen-bond donors (Lipinski definition) is 1. The van der Waals surface area contributed by atoms with Crippen LogP contribution in [0.15, 0.2) is 35.4 Å². The molecule has 1 nitrogen and oxygen atoms in total. The maximum absolute atomic E-state index is 5.72. The maximum atomic E-state index is 5.72. The molecule has 0 aliphatic heterocycles. The zero-order valence-corrected chi connectivity index (χ0v) is 7.10.